The number of hydrogen-bond acceptors (Lipinski definition) is 2. The number of thiophene rings is 1. The van der Waals surface area contributed by atoms with Gasteiger partial charge in [0.25, 0.3) is 0 Å². The predicted octanol–water partition coefficient (Wildman–Crippen LogP) is 5.26. The molecule has 2 aromatic heterocycles. The molecule has 3 heteroatoms. The number of benzene rings is 2. The summed E-state index contributed by atoms with van der Waals surface area (Å²) in [5.41, 5.74) is 1.97. The first kappa shape index (κ1) is 10.3. The lowest BCUT2D eigenvalue weighted by Gasteiger charge is -2.00. The Bertz CT molecular complexity index is 895. The summed E-state index contributed by atoms with van der Waals surface area (Å²) in [7, 11) is 0. The molecule has 0 N–H and O–H groups in total. The van der Waals surface area contributed by atoms with Gasteiger partial charge in [-0.1, -0.05) is 48.0 Å². The topological polar surface area (TPSA) is 12.9 Å². The minimum absolute atomic E-state index is 0.816. The van der Waals surface area contributed by atoms with E-state index in [0.29, 0.717) is 0 Å². The normalized spacial score (nSPS) is 11.6. The van der Waals surface area contributed by atoms with Gasteiger partial charge in [-0.15, -0.1) is 11.3 Å². The number of rotatable bonds is 0. The Hall–Kier alpha value is -1.64. The van der Waals surface area contributed by atoms with E-state index in [2.05, 4.69) is 12.1 Å². The summed E-state index contributed by atoms with van der Waals surface area (Å²) in [5, 5.41) is 3.03. The van der Waals surface area contributed by atoms with Crippen molar-refractivity contribution in [3.63, 3.8) is 0 Å². The van der Waals surface area contributed by atoms with Crippen LogP contribution >= 0.6 is 22.9 Å². The molecule has 18 heavy (non-hydrogen) atoms. The lowest BCUT2D eigenvalue weighted by molar-refractivity contribution is 1.53. The van der Waals surface area contributed by atoms with Crippen molar-refractivity contribution in [2.75, 3.05) is 0 Å². The number of para-hydroxylation sites is 1. The van der Waals surface area contributed by atoms with E-state index in [1.807, 2.05) is 36.4 Å². The van der Waals surface area contributed by atoms with Gasteiger partial charge in [0.2, 0.25) is 0 Å². The molecule has 4 aromatic rings. The monoisotopic (exact) mass is 269 g/mol. The summed E-state index contributed by atoms with van der Waals surface area (Å²) >= 11 is 8.22. The first-order valence-electron chi connectivity index (χ1n) is 5.70. The fraction of sp³-hybridized carbons (Fsp3) is 0. The molecule has 0 saturated heterocycles. The van der Waals surface area contributed by atoms with Crippen molar-refractivity contribution >= 4 is 54.1 Å². The molecule has 0 spiro atoms. The Balaban J connectivity index is 2.33. The van der Waals surface area contributed by atoms with E-state index in [0.717, 1.165) is 26.1 Å². The highest BCUT2D eigenvalue weighted by Crippen LogP contribution is 2.39. The van der Waals surface area contributed by atoms with Gasteiger partial charge in [0.15, 0.2) is 0 Å². The SMILES string of the molecule is Clc1c2ccccc2nc2c1sc1ccccc12. The van der Waals surface area contributed by atoms with E-state index < -0.39 is 0 Å². The standard InChI is InChI=1S/C15H8ClNS/c16-13-9-5-1-3-7-11(9)17-14-10-6-2-4-8-12(10)18-15(13)14/h1-8H. The zero-order chi connectivity index (χ0) is 12.1. The van der Waals surface area contributed by atoms with Crippen LogP contribution in [0.1, 0.15) is 0 Å². The Morgan fingerprint density at radius 1 is 0.889 bits per heavy atom. The second-order valence-electron chi connectivity index (χ2n) is 4.22. The number of hydrogen-bond donors (Lipinski definition) is 0. The van der Waals surface area contributed by atoms with Crippen molar-refractivity contribution in [1.82, 2.24) is 4.98 Å². The summed E-state index contributed by atoms with van der Waals surface area (Å²) in [6, 6.07) is 16.3. The van der Waals surface area contributed by atoms with Crippen molar-refractivity contribution < 1.29 is 0 Å². The van der Waals surface area contributed by atoms with Crippen molar-refractivity contribution in [3.8, 4) is 0 Å². The van der Waals surface area contributed by atoms with E-state index >= 15 is 0 Å². The fourth-order valence-electron chi connectivity index (χ4n) is 2.29. The van der Waals surface area contributed by atoms with Gasteiger partial charge in [0.05, 0.1) is 20.8 Å². The summed E-state index contributed by atoms with van der Waals surface area (Å²) < 4.78 is 2.31. The minimum Gasteiger partial charge on any atom is -0.246 e. The molecule has 0 saturated carbocycles. The third-order valence-electron chi connectivity index (χ3n) is 3.14. The lowest BCUT2D eigenvalue weighted by atomic mass is 10.2. The summed E-state index contributed by atoms with van der Waals surface area (Å²) in [6.07, 6.45) is 0. The molecule has 86 valence electrons. The van der Waals surface area contributed by atoms with Crippen LogP contribution in [-0.4, -0.2) is 4.98 Å². The number of nitrogens with zero attached hydrogens (tertiary/aromatic N) is 1. The van der Waals surface area contributed by atoms with Crippen molar-refractivity contribution in [1.29, 1.82) is 0 Å². The zero-order valence-electron chi connectivity index (χ0n) is 9.35. The molecule has 0 unspecified atom stereocenters. The molecule has 2 heterocycles. The van der Waals surface area contributed by atoms with Gasteiger partial charge in [-0.05, 0) is 12.1 Å². The Kier molecular flexibility index (Phi) is 2.10. The predicted molar refractivity (Wildman–Crippen MR) is 79.6 cm³/mol. The quantitative estimate of drug-likeness (QED) is 0.424. The molecule has 0 radical (unpaired) electrons. The van der Waals surface area contributed by atoms with E-state index in [4.69, 9.17) is 16.6 Å². The fourth-order valence-corrected chi connectivity index (χ4v) is 3.75. The van der Waals surface area contributed by atoms with Crippen LogP contribution in [-0.2, 0) is 0 Å². The molecular weight excluding hydrogens is 262 g/mol. The van der Waals surface area contributed by atoms with Gasteiger partial charge in [0.1, 0.15) is 0 Å². The van der Waals surface area contributed by atoms with E-state index in [-0.39, 0.29) is 0 Å². The van der Waals surface area contributed by atoms with Gasteiger partial charge in [-0.25, -0.2) is 4.98 Å². The molecule has 1 nitrogen and oxygen atoms in total. The van der Waals surface area contributed by atoms with Crippen LogP contribution in [0.25, 0.3) is 31.2 Å². The number of pyridine rings is 1. The zero-order valence-corrected chi connectivity index (χ0v) is 10.9. The summed E-state index contributed by atoms with van der Waals surface area (Å²) in [4.78, 5) is 4.75. The summed E-state index contributed by atoms with van der Waals surface area (Å²) in [6.45, 7) is 0. The maximum Gasteiger partial charge on any atom is 0.0911 e. The second kappa shape index (κ2) is 3.67. The van der Waals surface area contributed by atoms with Gasteiger partial charge < -0.3 is 0 Å². The van der Waals surface area contributed by atoms with Gasteiger partial charge >= 0.3 is 0 Å². The molecule has 0 aliphatic heterocycles. The molecule has 0 amide bonds. The van der Waals surface area contributed by atoms with Crippen LogP contribution < -0.4 is 0 Å². The highest BCUT2D eigenvalue weighted by molar-refractivity contribution is 7.26. The van der Waals surface area contributed by atoms with E-state index in [1.54, 1.807) is 11.3 Å². The third-order valence-corrected chi connectivity index (χ3v) is 4.82. The van der Waals surface area contributed by atoms with Crippen molar-refractivity contribution in [3.05, 3.63) is 53.6 Å². The van der Waals surface area contributed by atoms with Crippen LogP contribution in [0, 0.1) is 0 Å². The molecule has 0 bridgehead atoms. The number of fused-ring (bicyclic) bond motifs is 4. The van der Waals surface area contributed by atoms with Crippen molar-refractivity contribution in [2.45, 2.75) is 0 Å². The van der Waals surface area contributed by atoms with Gasteiger partial charge in [-0.2, -0.15) is 0 Å². The molecular formula is C15H8ClNS. The Morgan fingerprint density at radius 2 is 1.61 bits per heavy atom. The van der Waals surface area contributed by atoms with Gasteiger partial charge in [-0.3, -0.25) is 0 Å². The molecule has 0 aliphatic rings. The number of aromatic nitrogens is 1. The molecule has 0 atom stereocenters. The maximum absolute atomic E-state index is 6.52. The average Bonchev–Trinajstić information content (AvgIpc) is 2.79. The van der Waals surface area contributed by atoms with Crippen LogP contribution in [0.2, 0.25) is 5.02 Å². The Labute approximate surface area is 113 Å². The largest absolute Gasteiger partial charge is 0.246 e. The van der Waals surface area contributed by atoms with E-state index in [9.17, 15) is 0 Å². The van der Waals surface area contributed by atoms with Crippen molar-refractivity contribution in [2.24, 2.45) is 0 Å². The third kappa shape index (κ3) is 1.30. The lowest BCUT2D eigenvalue weighted by Crippen LogP contribution is -1.80. The molecule has 4 rings (SSSR count). The first-order valence-corrected chi connectivity index (χ1v) is 6.89. The number of halogens is 1. The Morgan fingerprint density at radius 3 is 2.50 bits per heavy atom. The van der Waals surface area contributed by atoms with E-state index in [1.165, 1.54) is 10.1 Å². The molecule has 2 aromatic carbocycles. The smallest absolute Gasteiger partial charge is 0.0911 e. The van der Waals surface area contributed by atoms with Crippen LogP contribution in [0.3, 0.4) is 0 Å². The average molecular weight is 270 g/mol. The molecule has 0 aliphatic carbocycles. The van der Waals surface area contributed by atoms with Crippen LogP contribution in [0.4, 0.5) is 0 Å². The minimum atomic E-state index is 0.816. The highest BCUT2D eigenvalue weighted by atomic mass is 35.5. The van der Waals surface area contributed by atoms with Crippen LogP contribution in [0.15, 0.2) is 48.5 Å². The summed E-state index contributed by atoms with van der Waals surface area (Å²) in [5.74, 6) is 0. The molecule has 0 fully saturated rings. The highest BCUT2D eigenvalue weighted by Gasteiger charge is 2.12. The van der Waals surface area contributed by atoms with Crippen LogP contribution in [0.5, 0.6) is 0 Å². The second-order valence-corrected chi connectivity index (χ2v) is 5.65. The van der Waals surface area contributed by atoms with Gasteiger partial charge in [0, 0.05) is 15.5 Å². The first-order chi connectivity index (χ1) is 8.84. The maximum atomic E-state index is 6.52.